The lowest BCUT2D eigenvalue weighted by atomic mass is 9.59. The zero-order valence-corrected chi connectivity index (χ0v) is 12.3. The van der Waals surface area contributed by atoms with Crippen LogP contribution in [-0.2, 0) is 14.3 Å². The van der Waals surface area contributed by atoms with Gasteiger partial charge in [0.1, 0.15) is 0 Å². The minimum atomic E-state index is -0.434. The number of Topliss-reactive ketones (excluding diaryl/α,β-unsaturated/α-hetero) is 1. The third-order valence-electron chi connectivity index (χ3n) is 5.27. The van der Waals surface area contributed by atoms with Gasteiger partial charge in [-0.3, -0.25) is 4.79 Å². The van der Waals surface area contributed by atoms with E-state index in [1.807, 2.05) is 0 Å². The highest BCUT2D eigenvalue weighted by atomic mass is 16.7. The first-order valence-electron chi connectivity index (χ1n) is 7.49. The molecule has 1 saturated carbocycles. The van der Waals surface area contributed by atoms with Gasteiger partial charge in [0.2, 0.25) is 0 Å². The summed E-state index contributed by atoms with van der Waals surface area (Å²) in [6.07, 6.45) is 4.44. The highest BCUT2D eigenvalue weighted by Crippen LogP contribution is 2.54. The lowest BCUT2D eigenvalue weighted by molar-refractivity contribution is -0.225. The van der Waals surface area contributed by atoms with E-state index in [2.05, 4.69) is 20.8 Å². The van der Waals surface area contributed by atoms with E-state index in [1.54, 1.807) is 0 Å². The van der Waals surface area contributed by atoms with Crippen LogP contribution in [-0.4, -0.2) is 24.8 Å². The normalized spacial score (nSPS) is 33.4. The van der Waals surface area contributed by atoms with Crippen molar-refractivity contribution in [3.8, 4) is 0 Å². The van der Waals surface area contributed by atoms with Crippen LogP contribution in [0, 0.1) is 11.3 Å². The standard InChI is InChI=1S/C16H24O3/c1-11-6-7-13-15(2,3)14(11)12(17)5-4-8-16(13)18-9-10-19-16/h13H,4-10H2,1-3H3. The van der Waals surface area contributed by atoms with E-state index in [4.69, 9.17) is 9.47 Å². The molecule has 3 rings (SSSR count). The van der Waals surface area contributed by atoms with Gasteiger partial charge in [-0.25, -0.2) is 0 Å². The number of hydrogen-bond donors (Lipinski definition) is 0. The van der Waals surface area contributed by atoms with E-state index < -0.39 is 5.79 Å². The van der Waals surface area contributed by atoms with Crippen molar-refractivity contribution in [2.24, 2.45) is 11.3 Å². The highest BCUT2D eigenvalue weighted by molar-refractivity contribution is 5.97. The van der Waals surface area contributed by atoms with Crippen LogP contribution in [0.1, 0.15) is 52.9 Å². The molecule has 1 atom stereocenters. The van der Waals surface area contributed by atoms with Crippen LogP contribution in [0.25, 0.3) is 0 Å². The molecule has 106 valence electrons. The molecule has 0 N–H and O–H groups in total. The maximum absolute atomic E-state index is 12.5. The molecule has 1 aliphatic heterocycles. The molecule has 3 aliphatic rings. The van der Waals surface area contributed by atoms with Gasteiger partial charge in [-0.05, 0) is 26.2 Å². The van der Waals surface area contributed by atoms with Gasteiger partial charge in [0.05, 0.1) is 13.2 Å². The molecule has 1 spiro atoms. The van der Waals surface area contributed by atoms with Gasteiger partial charge in [-0.2, -0.15) is 0 Å². The smallest absolute Gasteiger partial charge is 0.172 e. The fraction of sp³-hybridized carbons (Fsp3) is 0.812. The van der Waals surface area contributed by atoms with Gasteiger partial charge in [-0.1, -0.05) is 19.4 Å². The van der Waals surface area contributed by atoms with Crippen LogP contribution in [0.2, 0.25) is 0 Å². The van der Waals surface area contributed by atoms with Crippen LogP contribution < -0.4 is 0 Å². The van der Waals surface area contributed by atoms with E-state index in [9.17, 15) is 4.79 Å². The summed E-state index contributed by atoms with van der Waals surface area (Å²) in [5, 5.41) is 0. The van der Waals surface area contributed by atoms with Crippen molar-refractivity contribution in [2.75, 3.05) is 13.2 Å². The average Bonchev–Trinajstić information content (AvgIpc) is 2.76. The number of hydrogen-bond acceptors (Lipinski definition) is 3. The van der Waals surface area contributed by atoms with Gasteiger partial charge < -0.3 is 9.47 Å². The lowest BCUT2D eigenvalue weighted by Crippen LogP contribution is -2.51. The second-order valence-electron chi connectivity index (χ2n) is 6.75. The molecular formula is C16H24O3. The summed E-state index contributed by atoms with van der Waals surface area (Å²) < 4.78 is 12.1. The number of ether oxygens (including phenoxy) is 2. The van der Waals surface area contributed by atoms with Gasteiger partial charge in [0, 0.05) is 29.7 Å². The summed E-state index contributed by atoms with van der Waals surface area (Å²) in [5.41, 5.74) is 2.20. The molecular weight excluding hydrogens is 240 g/mol. The Kier molecular flexibility index (Phi) is 3.10. The molecule has 19 heavy (non-hydrogen) atoms. The third kappa shape index (κ3) is 1.90. The second kappa shape index (κ2) is 4.42. The van der Waals surface area contributed by atoms with Gasteiger partial charge in [-0.15, -0.1) is 0 Å². The number of ketones is 1. The maximum atomic E-state index is 12.5. The first-order chi connectivity index (χ1) is 8.97. The largest absolute Gasteiger partial charge is 0.347 e. The summed E-state index contributed by atoms with van der Waals surface area (Å²) in [5.74, 6) is 0.210. The summed E-state index contributed by atoms with van der Waals surface area (Å²) >= 11 is 0. The van der Waals surface area contributed by atoms with Crippen LogP contribution in [0.15, 0.2) is 11.1 Å². The number of rotatable bonds is 0. The lowest BCUT2D eigenvalue weighted by Gasteiger charge is -2.50. The van der Waals surface area contributed by atoms with E-state index in [0.29, 0.717) is 31.3 Å². The fourth-order valence-corrected chi connectivity index (χ4v) is 4.55. The molecule has 0 radical (unpaired) electrons. The Bertz CT molecular complexity index is 427. The van der Waals surface area contributed by atoms with Gasteiger partial charge in [0.15, 0.2) is 11.6 Å². The highest BCUT2D eigenvalue weighted by Gasteiger charge is 2.55. The zero-order chi connectivity index (χ0) is 13.7. The summed E-state index contributed by atoms with van der Waals surface area (Å²) in [4.78, 5) is 12.5. The molecule has 1 unspecified atom stereocenters. The second-order valence-corrected chi connectivity index (χ2v) is 6.75. The maximum Gasteiger partial charge on any atom is 0.172 e. The Morgan fingerprint density at radius 2 is 1.84 bits per heavy atom. The minimum absolute atomic E-state index is 0.135. The molecule has 1 heterocycles. The van der Waals surface area contributed by atoms with Gasteiger partial charge >= 0.3 is 0 Å². The van der Waals surface area contributed by atoms with Crippen molar-refractivity contribution in [1.29, 1.82) is 0 Å². The average molecular weight is 264 g/mol. The number of carbonyl (C=O) groups is 1. The monoisotopic (exact) mass is 264 g/mol. The Balaban J connectivity index is 2.08. The van der Waals surface area contributed by atoms with Crippen molar-refractivity contribution in [2.45, 2.75) is 58.7 Å². The van der Waals surface area contributed by atoms with Crippen molar-refractivity contribution in [1.82, 2.24) is 0 Å². The molecule has 0 aromatic heterocycles. The van der Waals surface area contributed by atoms with Crippen LogP contribution in [0.3, 0.4) is 0 Å². The Morgan fingerprint density at radius 3 is 2.53 bits per heavy atom. The predicted octanol–water partition coefficient (Wildman–Crippen LogP) is 3.24. The topological polar surface area (TPSA) is 35.5 Å². The fourth-order valence-electron chi connectivity index (χ4n) is 4.55. The molecule has 3 nitrogen and oxygen atoms in total. The molecule has 1 saturated heterocycles. The molecule has 2 bridgehead atoms. The van der Waals surface area contributed by atoms with Crippen LogP contribution >= 0.6 is 0 Å². The molecule has 0 amide bonds. The van der Waals surface area contributed by atoms with Crippen molar-refractivity contribution in [3.63, 3.8) is 0 Å². The van der Waals surface area contributed by atoms with Crippen LogP contribution in [0.4, 0.5) is 0 Å². The zero-order valence-electron chi connectivity index (χ0n) is 12.3. The Labute approximate surface area is 115 Å². The van der Waals surface area contributed by atoms with Crippen molar-refractivity contribution >= 4 is 5.78 Å². The molecule has 3 heteroatoms. The van der Waals surface area contributed by atoms with E-state index >= 15 is 0 Å². The predicted molar refractivity (Wildman–Crippen MR) is 72.7 cm³/mol. The first kappa shape index (κ1) is 13.3. The number of carbonyl (C=O) groups excluding carboxylic acids is 1. The van der Waals surface area contributed by atoms with Crippen molar-refractivity contribution in [3.05, 3.63) is 11.1 Å². The third-order valence-corrected chi connectivity index (χ3v) is 5.27. The van der Waals surface area contributed by atoms with E-state index in [0.717, 1.165) is 31.3 Å². The number of fused-ring (bicyclic) bond motifs is 3. The first-order valence-corrected chi connectivity index (χ1v) is 7.49. The molecule has 2 fully saturated rings. The summed E-state index contributed by atoms with van der Waals surface area (Å²) in [6.45, 7) is 7.91. The molecule has 2 aliphatic carbocycles. The number of allylic oxidation sites excluding steroid dienone is 2. The van der Waals surface area contributed by atoms with E-state index in [-0.39, 0.29) is 5.41 Å². The molecule has 0 aromatic rings. The molecule has 0 aromatic carbocycles. The summed E-state index contributed by atoms with van der Waals surface area (Å²) in [7, 11) is 0. The SMILES string of the molecule is CC1=C2C(=O)CCCC3(OCCO3)C(CC1)C2(C)C. The van der Waals surface area contributed by atoms with Crippen molar-refractivity contribution < 1.29 is 14.3 Å². The Hall–Kier alpha value is -0.670. The Morgan fingerprint density at radius 1 is 1.16 bits per heavy atom. The minimum Gasteiger partial charge on any atom is -0.347 e. The van der Waals surface area contributed by atoms with Crippen LogP contribution in [0.5, 0.6) is 0 Å². The quantitative estimate of drug-likeness (QED) is 0.674. The van der Waals surface area contributed by atoms with E-state index in [1.165, 1.54) is 5.57 Å². The van der Waals surface area contributed by atoms with Gasteiger partial charge in [0.25, 0.3) is 0 Å². The summed E-state index contributed by atoms with van der Waals surface area (Å²) in [6, 6.07) is 0.